The third kappa shape index (κ3) is 5.94. The Hall–Kier alpha value is -0.570. The molecular weight excluding hydrogens is 240 g/mol. The van der Waals surface area contributed by atoms with Crippen molar-refractivity contribution in [1.29, 1.82) is 0 Å². The first-order valence-corrected chi connectivity index (χ1v) is 7.65. The van der Waals surface area contributed by atoms with E-state index < -0.39 is 0 Å². The fourth-order valence-electron chi connectivity index (χ4n) is 2.99. The summed E-state index contributed by atoms with van der Waals surface area (Å²) in [6.45, 7) is 11.0. The first kappa shape index (κ1) is 16.5. The number of carbonyl (C=O) groups is 1. The molecular formula is C16H30O3. The van der Waals surface area contributed by atoms with Crippen LogP contribution < -0.4 is 0 Å². The molecule has 0 amide bonds. The maximum atomic E-state index is 11.1. The van der Waals surface area contributed by atoms with Crippen molar-refractivity contribution in [2.75, 3.05) is 6.61 Å². The van der Waals surface area contributed by atoms with E-state index in [4.69, 9.17) is 9.47 Å². The highest BCUT2D eigenvalue weighted by atomic mass is 16.6. The van der Waals surface area contributed by atoms with Crippen molar-refractivity contribution >= 4 is 5.97 Å². The SMILES string of the molecule is CCC(=O)OCC(C)OC(C)C1CCCC(C)(C)C1. The molecule has 1 fully saturated rings. The molecule has 1 saturated carbocycles. The Kier molecular flexibility index (Phi) is 6.31. The summed E-state index contributed by atoms with van der Waals surface area (Å²) in [6, 6.07) is 0. The Morgan fingerprint density at radius 2 is 2.05 bits per heavy atom. The second kappa shape index (κ2) is 7.28. The van der Waals surface area contributed by atoms with Crippen molar-refractivity contribution in [3.63, 3.8) is 0 Å². The Morgan fingerprint density at radius 3 is 2.63 bits per heavy atom. The van der Waals surface area contributed by atoms with E-state index in [1.54, 1.807) is 6.92 Å². The molecule has 0 N–H and O–H groups in total. The maximum Gasteiger partial charge on any atom is 0.305 e. The predicted molar refractivity (Wildman–Crippen MR) is 77.0 cm³/mol. The van der Waals surface area contributed by atoms with Crippen LogP contribution in [0.1, 0.15) is 66.7 Å². The van der Waals surface area contributed by atoms with Gasteiger partial charge in [0, 0.05) is 6.42 Å². The standard InChI is InChI=1S/C16H30O3/c1-6-15(17)18-11-12(2)19-13(3)14-8-7-9-16(4,5)10-14/h12-14H,6-11H2,1-5H3. The molecule has 0 aromatic rings. The molecule has 3 unspecified atom stereocenters. The van der Waals surface area contributed by atoms with Gasteiger partial charge in [-0.3, -0.25) is 4.79 Å². The maximum absolute atomic E-state index is 11.1. The highest BCUT2D eigenvalue weighted by Crippen LogP contribution is 2.40. The summed E-state index contributed by atoms with van der Waals surface area (Å²) in [4.78, 5) is 11.1. The number of carbonyl (C=O) groups excluding carboxylic acids is 1. The summed E-state index contributed by atoms with van der Waals surface area (Å²) in [5, 5.41) is 0. The third-order valence-electron chi connectivity index (χ3n) is 4.12. The number of hydrogen-bond acceptors (Lipinski definition) is 3. The number of hydrogen-bond donors (Lipinski definition) is 0. The van der Waals surface area contributed by atoms with Crippen LogP contribution in [0.4, 0.5) is 0 Å². The van der Waals surface area contributed by atoms with Crippen molar-refractivity contribution in [2.24, 2.45) is 11.3 Å². The molecule has 0 spiro atoms. The van der Waals surface area contributed by atoms with E-state index >= 15 is 0 Å². The molecule has 0 heterocycles. The number of ether oxygens (including phenoxy) is 2. The molecule has 1 aliphatic rings. The Balaban J connectivity index is 2.33. The van der Waals surface area contributed by atoms with Gasteiger partial charge in [0.25, 0.3) is 0 Å². The van der Waals surface area contributed by atoms with Crippen LogP contribution in [0.25, 0.3) is 0 Å². The van der Waals surface area contributed by atoms with Gasteiger partial charge in [0.15, 0.2) is 0 Å². The van der Waals surface area contributed by atoms with Gasteiger partial charge in [-0.15, -0.1) is 0 Å². The smallest absolute Gasteiger partial charge is 0.305 e. The highest BCUT2D eigenvalue weighted by Gasteiger charge is 2.31. The van der Waals surface area contributed by atoms with E-state index in [9.17, 15) is 4.79 Å². The lowest BCUT2D eigenvalue weighted by molar-refractivity contribution is -0.149. The zero-order valence-electron chi connectivity index (χ0n) is 13.2. The van der Waals surface area contributed by atoms with Crippen molar-refractivity contribution in [2.45, 2.75) is 78.9 Å². The fraction of sp³-hybridized carbons (Fsp3) is 0.938. The molecule has 0 aromatic heterocycles. The van der Waals surface area contributed by atoms with Crippen molar-refractivity contribution in [3.05, 3.63) is 0 Å². The van der Waals surface area contributed by atoms with E-state index in [1.807, 2.05) is 6.92 Å². The minimum Gasteiger partial charge on any atom is -0.463 e. The summed E-state index contributed by atoms with van der Waals surface area (Å²) in [5.41, 5.74) is 0.443. The lowest BCUT2D eigenvalue weighted by atomic mass is 9.71. The Morgan fingerprint density at radius 1 is 1.37 bits per heavy atom. The normalized spacial score (nSPS) is 25.6. The van der Waals surface area contributed by atoms with Crippen LogP contribution in [0.5, 0.6) is 0 Å². The lowest BCUT2D eigenvalue weighted by Crippen LogP contribution is -2.33. The monoisotopic (exact) mass is 270 g/mol. The van der Waals surface area contributed by atoms with Crippen LogP contribution in [0, 0.1) is 11.3 Å². The molecule has 1 aliphatic carbocycles. The minimum absolute atomic E-state index is 0.0180. The molecule has 0 bridgehead atoms. The molecule has 1 rings (SSSR count). The molecule has 0 radical (unpaired) electrons. The third-order valence-corrected chi connectivity index (χ3v) is 4.12. The molecule has 3 nitrogen and oxygen atoms in total. The van der Waals surface area contributed by atoms with Gasteiger partial charge in [0.05, 0.1) is 12.2 Å². The van der Waals surface area contributed by atoms with Gasteiger partial charge in [-0.2, -0.15) is 0 Å². The second-order valence-corrected chi connectivity index (χ2v) is 6.71. The molecule has 3 atom stereocenters. The van der Waals surface area contributed by atoms with Gasteiger partial charge < -0.3 is 9.47 Å². The first-order chi connectivity index (χ1) is 8.84. The van der Waals surface area contributed by atoms with Gasteiger partial charge in [-0.1, -0.05) is 27.2 Å². The predicted octanol–water partition coefficient (Wildman–Crippen LogP) is 3.95. The topological polar surface area (TPSA) is 35.5 Å². The molecule has 19 heavy (non-hydrogen) atoms. The van der Waals surface area contributed by atoms with Gasteiger partial charge in [-0.25, -0.2) is 0 Å². The number of esters is 1. The average molecular weight is 270 g/mol. The number of rotatable bonds is 6. The lowest BCUT2D eigenvalue weighted by Gasteiger charge is -2.38. The largest absolute Gasteiger partial charge is 0.463 e. The first-order valence-electron chi connectivity index (χ1n) is 7.65. The zero-order chi connectivity index (χ0) is 14.5. The van der Waals surface area contributed by atoms with Crippen LogP contribution in [-0.4, -0.2) is 24.8 Å². The van der Waals surface area contributed by atoms with E-state index in [0.717, 1.165) is 0 Å². The Labute approximate surface area is 118 Å². The molecule has 0 aliphatic heterocycles. The fourth-order valence-corrected chi connectivity index (χ4v) is 2.99. The van der Waals surface area contributed by atoms with Gasteiger partial charge >= 0.3 is 5.97 Å². The van der Waals surface area contributed by atoms with E-state index in [1.165, 1.54) is 25.7 Å². The van der Waals surface area contributed by atoms with Crippen LogP contribution in [0.15, 0.2) is 0 Å². The summed E-state index contributed by atoms with van der Waals surface area (Å²) in [6.07, 6.45) is 5.76. The highest BCUT2D eigenvalue weighted by molar-refractivity contribution is 5.68. The van der Waals surface area contributed by atoms with Crippen molar-refractivity contribution in [3.8, 4) is 0 Å². The summed E-state index contributed by atoms with van der Waals surface area (Å²) in [7, 11) is 0. The second-order valence-electron chi connectivity index (χ2n) is 6.71. The minimum atomic E-state index is -0.151. The van der Waals surface area contributed by atoms with Gasteiger partial charge in [0.1, 0.15) is 6.61 Å². The Bertz CT molecular complexity index is 286. The van der Waals surface area contributed by atoms with Crippen LogP contribution in [-0.2, 0) is 14.3 Å². The molecule has 0 aromatic carbocycles. The summed E-state index contributed by atoms with van der Waals surface area (Å²) >= 11 is 0. The molecule has 3 heteroatoms. The molecule has 112 valence electrons. The van der Waals surface area contributed by atoms with Crippen LogP contribution in [0.2, 0.25) is 0 Å². The van der Waals surface area contributed by atoms with Crippen molar-refractivity contribution in [1.82, 2.24) is 0 Å². The molecule has 0 saturated heterocycles. The van der Waals surface area contributed by atoms with E-state index in [2.05, 4.69) is 20.8 Å². The quantitative estimate of drug-likeness (QED) is 0.686. The van der Waals surface area contributed by atoms with Crippen molar-refractivity contribution < 1.29 is 14.3 Å². The van der Waals surface area contributed by atoms with E-state index in [0.29, 0.717) is 24.4 Å². The summed E-state index contributed by atoms with van der Waals surface area (Å²) in [5.74, 6) is 0.481. The van der Waals surface area contributed by atoms with Gasteiger partial charge in [-0.05, 0) is 44.4 Å². The average Bonchev–Trinajstić information content (AvgIpc) is 2.34. The van der Waals surface area contributed by atoms with Gasteiger partial charge in [0.2, 0.25) is 0 Å². The van der Waals surface area contributed by atoms with E-state index in [-0.39, 0.29) is 18.2 Å². The van der Waals surface area contributed by atoms with Crippen LogP contribution >= 0.6 is 0 Å². The summed E-state index contributed by atoms with van der Waals surface area (Å²) < 4.78 is 11.1. The van der Waals surface area contributed by atoms with Crippen LogP contribution in [0.3, 0.4) is 0 Å². The zero-order valence-corrected chi connectivity index (χ0v) is 13.2.